The zero-order valence-electron chi connectivity index (χ0n) is 18.0. The van der Waals surface area contributed by atoms with Crippen LogP contribution in [0.2, 0.25) is 0 Å². The minimum atomic E-state index is -0.614. The Morgan fingerprint density at radius 2 is 1.94 bits per heavy atom. The summed E-state index contributed by atoms with van der Waals surface area (Å²) in [5, 5.41) is 0. The number of ether oxygens (including phenoxy) is 3. The van der Waals surface area contributed by atoms with E-state index >= 15 is 0 Å². The number of para-hydroxylation sites is 1. The van der Waals surface area contributed by atoms with Gasteiger partial charge in [-0.3, -0.25) is 4.79 Å². The molecule has 3 aromatic rings. The minimum Gasteiger partial charge on any atom is -0.493 e. The van der Waals surface area contributed by atoms with Gasteiger partial charge in [-0.05, 0) is 36.8 Å². The topological polar surface area (TPSA) is 70.8 Å². The van der Waals surface area contributed by atoms with E-state index in [2.05, 4.69) is 11.6 Å². The number of Topliss-reactive ketones (excluding diaryl/α,β-unsaturated/α-hetero) is 1. The van der Waals surface area contributed by atoms with E-state index in [1.165, 1.54) is 6.26 Å². The second kappa shape index (κ2) is 11.7. The van der Waals surface area contributed by atoms with Gasteiger partial charge in [0.25, 0.3) is 0 Å². The molecule has 0 unspecified atom stereocenters. The molecule has 0 N–H and O–H groups in total. The summed E-state index contributed by atoms with van der Waals surface area (Å²) in [5.41, 5.74) is 1.82. The molecule has 168 valence electrons. The molecule has 1 aromatic heterocycles. The highest BCUT2D eigenvalue weighted by atomic mass is 19.1. The maximum atomic E-state index is 12.6. The zero-order valence-corrected chi connectivity index (χ0v) is 18.0. The lowest BCUT2D eigenvalue weighted by Crippen LogP contribution is -2.07. The third kappa shape index (κ3) is 5.97. The fourth-order valence-corrected chi connectivity index (χ4v) is 3.08. The first-order valence-corrected chi connectivity index (χ1v) is 10.3. The van der Waals surface area contributed by atoms with Crippen LogP contribution in [0, 0.1) is 0 Å². The predicted molar refractivity (Wildman–Crippen MR) is 119 cm³/mol. The monoisotopic (exact) mass is 439 g/mol. The van der Waals surface area contributed by atoms with Crippen LogP contribution >= 0.6 is 0 Å². The van der Waals surface area contributed by atoms with Gasteiger partial charge in [0.1, 0.15) is 25.3 Å². The van der Waals surface area contributed by atoms with Crippen LogP contribution in [-0.2, 0) is 6.42 Å². The van der Waals surface area contributed by atoms with Gasteiger partial charge >= 0.3 is 0 Å². The molecule has 0 spiro atoms. The lowest BCUT2D eigenvalue weighted by Gasteiger charge is -2.10. The molecule has 0 saturated carbocycles. The number of hydrogen-bond donors (Lipinski definition) is 0. The highest BCUT2D eigenvalue weighted by Gasteiger charge is 2.15. The molecule has 3 rings (SSSR count). The van der Waals surface area contributed by atoms with E-state index in [4.69, 9.17) is 18.6 Å². The molecule has 0 atom stereocenters. The Bertz CT molecular complexity index is 1050. The molecule has 0 aliphatic carbocycles. The summed E-state index contributed by atoms with van der Waals surface area (Å²) in [5.74, 6) is 1.91. The number of ketones is 1. The van der Waals surface area contributed by atoms with Crippen molar-refractivity contribution in [1.82, 2.24) is 4.98 Å². The summed E-state index contributed by atoms with van der Waals surface area (Å²) in [6.07, 6.45) is 4.66. The SMILES string of the molecule is C=CCCOc1cc(-c2nc(CCC(=O)c3ccccc3OCCF)co2)ccc1OC. The first kappa shape index (κ1) is 23.1. The Morgan fingerprint density at radius 3 is 2.72 bits per heavy atom. The first-order chi connectivity index (χ1) is 15.7. The van der Waals surface area contributed by atoms with Gasteiger partial charge in [-0.1, -0.05) is 18.2 Å². The maximum absolute atomic E-state index is 12.6. The van der Waals surface area contributed by atoms with Crippen LogP contribution in [0.3, 0.4) is 0 Å². The summed E-state index contributed by atoms with van der Waals surface area (Å²) < 4.78 is 34.5. The van der Waals surface area contributed by atoms with E-state index in [9.17, 15) is 9.18 Å². The molecule has 2 aromatic carbocycles. The number of halogens is 1. The minimum absolute atomic E-state index is 0.0852. The van der Waals surface area contributed by atoms with E-state index in [-0.39, 0.29) is 18.8 Å². The smallest absolute Gasteiger partial charge is 0.226 e. The number of aromatic nitrogens is 1. The number of nitrogens with zero attached hydrogens (tertiary/aromatic N) is 1. The number of benzene rings is 2. The second-order valence-electron chi connectivity index (χ2n) is 6.89. The lowest BCUT2D eigenvalue weighted by molar-refractivity contribution is 0.0978. The van der Waals surface area contributed by atoms with E-state index < -0.39 is 6.67 Å². The van der Waals surface area contributed by atoms with Crippen LogP contribution in [0.15, 0.2) is 65.8 Å². The fourth-order valence-electron chi connectivity index (χ4n) is 3.08. The van der Waals surface area contributed by atoms with Gasteiger partial charge in [-0.25, -0.2) is 9.37 Å². The summed E-state index contributed by atoms with van der Waals surface area (Å²) in [6.45, 7) is 3.47. The summed E-state index contributed by atoms with van der Waals surface area (Å²) in [4.78, 5) is 17.1. The molecule has 0 fully saturated rings. The van der Waals surface area contributed by atoms with Crippen molar-refractivity contribution in [2.45, 2.75) is 19.3 Å². The number of rotatable bonds is 13. The van der Waals surface area contributed by atoms with Crippen molar-refractivity contribution in [2.75, 3.05) is 27.0 Å². The van der Waals surface area contributed by atoms with Gasteiger partial charge in [0.15, 0.2) is 17.3 Å². The maximum Gasteiger partial charge on any atom is 0.226 e. The van der Waals surface area contributed by atoms with Crippen molar-refractivity contribution < 1.29 is 27.8 Å². The van der Waals surface area contributed by atoms with Gasteiger partial charge < -0.3 is 18.6 Å². The van der Waals surface area contributed by atoms with Gasteiger partial charge in [0, 0.05) is 18.4 Å². The van der Waals surface area contributed by atoms with Crippen LogP contribution in [0.4, 0.5) is 4.39 Å². The second-order valence-corrected chi connectivity index (χ2v) is 6.89. The van der Waals surface area contributed by atoms with Crippen molar-refractivity contribution in [3.63, 3.8) is 0 Å². The molecule has 0 amide bonds. The molecule has 0 bridgehead atoms. The Hall–Kier alpha value is -3.61. The largest absolute Gasteiger partial charge is 0.493 e. The molecular weight excluding hydrogens is 413 g/mol. The predicted octanol–water partition coefficient (Wildman–Crippen LogP) is 5.47. The van der Waals surface area contributed by atoms with Crippen molar-refractivity contribution >= 4 is 5.78 Å². The molecule has 0 radical (unpaired) electrons. The number of alkyl halides is 1. The normalized spacial score (nSPS) is 10.6. The van der Waals surface area contributed by atoms with E-state index in [0.717, 1.165) is 5.56 Å². The van der Waals surface area contributed by atoms with Crippen molar-refractivity contribution in [2.24, 2.45) is 0 Å². The zero-order chi connectivity index (χ0) is 22.8. The molecule has 6 nitrogen and oxygen atoms in total. The van der Waals surface area contributed by atoms with E-state index in [0.29, 0.717) is 53.8 Å². The average molecular weight is 439 g/mol. The summed E-state index contributed by atoms with van der Waals surface area (Å²) >= 11 is 0. The average Bonchev–Trinajstić information content (AvgIpc) is 3.30. The number of carbonyl (C=O) groups is 1. The molecule has 32 heavy (non-hydrogen) atoms. The number of hydrogen-bond acceptors (Lipinski definition) is 6. The lowest BCUT2D eigenvalue weighted by atomic mass is 10.0. The van der Waals surface area contributed by atoms with Crippen molar-refractivity contribution in [3.8, 4) is 28.7 Å². The molecule has 0 aliphatic heterocycles. The third-order valence-corrected chi connectivity index (χ3v) is 4.67. The van der Waals surface area contributed by atoms with Crippen LogP contribution in [-0.4, -0.2) is 37.8 Å². The van der Waals surface area contributed by atoms with Crippen LogP contribution in [0.5, 0.6) is 17.2 Å². The molecule has 0 saturated heterocycles. The van der Waals surface area contributed by atoms with Crippen LogP contribution in [0.1, 0.15) is 28.9 Å². The quantitative estimate of drug-likeness (QED) is 0.200. The van der Waals surface area contributed by atoms with Crippen LogP contribution in [0.25, 0.3) is 11.5 Å². The van der Waals surface area contributed by atoms with Crippen LogP contribution < -0.4 is 14.2 Å². The fraction of sp³-hybridized carbons (Fsp3) is 0.280. The first-order valence-electron chi connectivity index (χ1n) is 10.3. The number of aryl methyl sites for hydroxylation is 1. The van der Waals surface area contributed by atoms with Crippen molar-refractivity contribution in [1.29, 1.82) is 0 Å². The highest BCUT2D eigenvalue weighted by molar-refractivity contribution is 5.98. The summed E-state index contributed by atoms with van der Waals surface area (Å²) in [7, 11) is 1.58. The Morgan fingerprint density at radius 1 is 1.12 bits per heavy atom. The Labute approximate surface area is 186 Å². The van der Waals surface area contributed by atoms with Gasteiger partial charge in [0.2, 0.25) is 5.89 Å². The van der Waals surface area contributed by atoms with Crippen molar-refractivity contribution in [3.05, 3.63) is 72.6 Å². The highest BCUT2D eigenvalue weighted by Crippen LogP contribution is 2.32. The number of methoxy groups -OCH3 is 1. The van der Waals surface area contributed by atoms with Gasteiger partial charge in [-0.15, -0.1) is 6.58 Å². The molecule has 7 heteroatoms. The Kier molecular flexibility index (Phi) is 8.43. The van der Waals surface area contributed by atoms with Gasteiger partial charge in [0.05, 0.1) is 25.0 Å². The molecular formula is C25H26FNO5. The summed E-state index contributed by atoms with van der Waals surface area (Å²) in [6, 6.07) is 12.3. The number of carbonyl (C=O) groups excluding carboxylic acids is 1. The third-order valence-electron chi connectivity index (χ3n) is 4.67. The number of oxazole rings is 1. The van der Waals surface area contributed by atoms with E-state index in [1.807, 2.05) is 6.07 Å². The van der Waals surface area contributed by atoms with Gasteiger partial charge in [-0.2, -0.15) is 0 Å². The molecule has 1 heterocycles. The van der Waals surface area contributed by atoms with E-state index in [1.54, 1.807) is 49.6 Å². The molecule has 0 aliphatic rings. The standard InChI is InChI=1S/C25H26FNO5/c1-3-4-14-30-24-16-18(9-12-23(24)29-2)25-27-19(17-32-25)10-11-21(28)20-7-5-6-8-22(20)31-15-13-26/h3,5-9,12,16-17H,1,4,10-11,13-15H2,2H3. The Balaban J connectivity index is 1.67.